The third-order valence-electron chi connectivity index (χ3n) is 2.96. The number of likely N-dealkylation sites (N-methyl/N-ethyl adjacent to an activating group) is 1. The van der Waals surface area contributed by atoms with Crippen molar-refractivity contribution in [1.29, 1.82) is 5.26 Å². The number of hydrogen-bond donors (Lipinski definition) is 1. The predicted molar refractivity (Wildman–Crippen MR) is 75.5 cm³/mol. The van der Waals surface area contributed by atoms with Crippen molar-refractivity contribution in [3.8, 4) is 6.07 Å². The Morgan fingerprint density at radius 1 is 1.58 bits per heavy atom. The van der Waals surface area contributed by atoms with Gasteiger partial charge in [-0.1, -0.05) is 0 Å². The van der Waals surface area contributed by atoms with Crippen LogP contribution < -0.4 is 10.2 Å². The zero-order chi connectivity index (χ0) is 13.8. The van der Waals surface area contributed by atoms with E-state index >= 15 is 0 Å². The van der Waals surface area contributed by atoms with Gasteiger partial charge in [-0.05, 0) is 28.8 Å². The van der Waals surface area contributed by atoms with Crippen LogP contribution in [0.15, 0.2) is 20.5 Å². The van der Waals surface area contributed by atoms with E-state index in [9.17, 15) is 4.79 Å². The molecule has 1 aliphatic rings. The van der Waals surface area contributed by atoms with Crippen LogP contribution in [0.25, 0.3) is 6.08 Å². The zero-order valence-corrected chi connectivity index (χ0v) is 12.2. The normalized spacial score (nSPS) is 15.4. The molecule has 6 heteroatoms. The number of amides is 1. The third-order valence-corrected chi connectivity index (χ3v) is 3.53. The maximum absolute atomic E-state index is 11.4. The van der Waals surface area contributed by atoms with Crippen molar-refractivity contribution >= 4 is 33.8 Å². The van der Waals surface area contributed by atoms with Gasteiger partial charge in [-0.3, -0.25) is 4.79 Å². The van der Waals surface area contributed by atoms with E-state index in [2.05, 4.69) is 26.1 Å². The summed E-state index contributed by atoms with van der Waals surface area (Å²) in [5.41, 5.74) is 0.0247. The highest BCUT2D eigenvalue weighted by atomic mass is 79.9. The molecule has 0 saturated carbocycles. The lowest BCUT2D eigenvalue weighted by atomic mass is 10.2. The molecule has 2 rings (SSSR count). The van der Waals surface area contributed by atoms with Crippen molar-refractivity contribution in [2.75, 3.05) is 25.0 Å². The summed E-state index contributed by atoms with van der Waals surface area (Å²) in [4.78, 5) is 13.6. The molecule has 0 aliphatic carbocycles. The van der Waals surface area contributed by atoms with E-state index in [1.54, 1.807) is 6.07 Å². The van der Waals surface area contributed by atoms with Gasteiger partial charge in [-0.2, -0.15) is 5.26 Å². The van der Waals surface area contributed by atoms with Gasteiger partial charge in [0.2, 0.25) is 5.88 Å². The summed E-state index contributed by atoms with van der Waals surface area (Å²) in [5.74, 6) is 0.838. The van der Waals surface area contributed by atoms with Gasteiger partial charge < -0.3 is 14.6 Å². The molecule has 1 aromatic heterocycles. The SMILES string of the molecule is CNC(=O)/C(C#N)=C\c1cc(Br)c(N2CCCC2)o1. The lowest BCUT2D eigenvalue weighted by Gasteiger charge is -2.13. The van der Waals surface area contributed by atoms with Crippen molar-refractivity contribution in [3.63, 3.8) is 0 Å². The minimum absolute atomic E-state index is 0.0247. The minimum atomic E-state index is -0.419. The van der Waals surface area contributed by atoms with Crippen molar-refractivity contribution in [2.24, 2.45) is 0 Å². The zero-order valence-electron chi connectivity index (χ0n) is 10.6. The molecule has 1 amide bonds. The predicted octanol–water partition coefficient (Wildman–Crippen LogP) is 2.30. The van der Waals surface area contributed by atoms with Gasteiger partial charge in [0, 0.05) is 32.3 Å². The van der Waals surface area contributed by atoms with Crippen molar-refractivity contribution in [1.82, 2.24) is 5.32 Å². The van der Waals surface area contributed by atoms with Crippen LogP contribution in [0.3, 0.4) is 0 Å². The van der Waals surface area contributed by atoms with Crippen molar-refractivity contribution in [3.05, 3.63) is 21.9 Å². The van der Waals surface area contributed by atoms with Gasteiger partial charge in [-0.25, -0.2) is 0 Å². The van der Waals surface area contributed by atoms with E-state index in [-0.39, 0.29) is 5.57 Å². The van der Waals surface area contributed by atoms with Crippen LogP contribution in [0.5, 0.6) is 0 Å². The largest absolute Gasteiger partial charge is 0.440 e. The fraction of sp³-hybridized carbons (Fsp3) is 0.385. The fourth-order valence-electron chi connectivity index (χ4n) is 2.01. The number of nitrogens with zero attached hydrogens (tertiary/aromatic N) is 2. The highest BCUT2D eigenvalue weighted by Gasteiger charge is 2.19. The third kappa shape index (κ3) is 2.99. The summed E-state index contributed by atoms with van der Waals surface area (Å²) < 4.78 is 6.54. The van der Waals surface area contributed by atoms with Crippen LogP contribution in [0.2, 0.25) is 0 Å². The number of hydrogen-bond acceptors (Lipinski definition) is 4. The van der Waals surface area contributed by atoms with Crippen LogP contribution in [0.1, 0.15) is 18.6 Å². The Morgan fingerprint density at radius 2 is 2.26 bits per heavy atom. The Kier molecular flexibility index (Phi) is 4.27. The quantitative estimate of drug-likeness (QED) is 0.684. The molecule has 2 heterocycles. The number of nitriles is 1. The van der Waals surface area contributed by atoms with Gasteiger partial charge in [0.1, 0.15) is 17.4 Å². The summed E-state index contributed by atoms with van der Waals surface area (Å²) in [5, 5.41) is 11.4. The maximum atomic E-state index is 11.4. The van der Waals surface area contributed by atoms with E-state index < -0.39 is 5.91 Å². The number of nitrogens with one attached hydrogen (secondary N) is 1. The average Bonchev–Trinajstić information content (AvgIpc) is 3.04. The van der Waals surface area contributed by atoms with E-state index in [0.29, 0.717) is 5.76 Å². The number of carbonyl (C=O) groups excluding carboxylic acids is 1. The van der Waals surface area contributed by atoms with Crippen LogP contribution in [-0.2, 0) is 4.79 Å². The average molecular weight is 324 g/mol. The first kappa shape index (κ1) is 13.7. The molecule has 1 aromatic rings. The number of rotatable bonds is 3. The lowest BCUT2D eigenvalue weighted by molar-refractivity contribution is -0.116. The first-order chi connectivity index (χ1) is 9.15. The Bertz CT molecular complexity index is 551. The van der Waals surface area contributed by atoms with Crippen LogP contribution in [0, 0.1) is 11.3 Å². The highest BCUT2D eigenvalue weighted by molar-refractivity contribution is 9.10. The van der Waals surface area contributed by atoms with E-state index in [4.69, 9.17) is 9.68 Å². The Morgan fingerprint density at radius 3 is 2.84 bits per heavy atom. The van der Waals surface area contributed by atoms with Crippen LogP contribution >= 0.6 is 15.9 Å². The Balaban J connectivity index is 2.27. The van der Waals surface area contributed by atoms with Crippen molar-refractivity contribution < 1.29 is 9.21 Å². The summed E-state index contributed by atoms with van der Waals surface area (Å²) in [6.45, 7) is 1.94. The molecule has 100 valence electrons. The monoisotopic (exact) mass is 323 g/mol. The lowest BCUT2D eigenvalue weighted by Crippen LogP contribution is -2.19. The number of furan rings is 1. The summed E-state index contributed by atoms with van der Waals surface area (Å²) in [6, 6.07) is 3.63. The Hall–Kier alpha value is -1.74. The van der Waals surface area contributed by atoms with Gasteiger partial charge in [-0.15, -0.1) is 0 Å². The fourth-order valence-corrected chi connectivity index (χ4v) is 2.57. The number of halogens is 1. The molecule has 0 unspecified atom stereocenters. The second-order valence-electron chi connectivity index (χ2n) is 4.24. The molecule has 0 bridgehead atoms. The highest BCUT2D eigenvalue weighted by Crippen LogP contribution is 2.33. The minimum Gasteiger partial charge on any atom is -0.440 e. The first-order valence-electron chi connectivity index (χ1n) is 6.04. The molecule has 1 fully saturated rings. The molecule has 0 radical (unpaired) electrons. The van der Waals surface area contributed by atoms with Crippen molar-refractivity contribution in [2.45, 2.75) is 12.8 Å². The van der Waals surface area contributed by atoms with Gasteiger partial charge in [0.15, 0.2) is 0 Å². The number of anilines is 1. The first-order valence-corrected chi connectivity index (χ1v) is 6.83. The van der Waals surface area contributed by atoms with Gasteiger partial charge in [0.05, 0.1) is 4.47 Å². The molecule has 0 aromatic carbocycles. The van der Waals surface area contributed by atoms with Gasteiger partial charge in [0.25, 0.3) is 5.91 Å². The standard InChI is InChI=1S/C13H14BrN3O2/c1-16-12(18)9(8-15)6-10-7-11(14)13(19-10)17-4-2-3-5-17/h6-7H,2-5H2,1H3,(H,16,18)/b9-6-. The second-order valence-corrected chi connectivity index (χ2v) is 5.10. The summed E-state index contributed by atoms with van der Waals surface area (Å²) in [7, 11) is 1.49. The van der Waals surface area contributed by atoms with E-state index in [1.807, 2.05) is 6.07 Å². The second kappa shape index (κ2) is 5.93. The topological polar surface area (TPSA) is 69.3 Å². The summed E-state index contributed by atoms with van der Waals surface area (Å²) >= 11 is 3.44. The number of carbonyl (C=O) groups is 1. The molecule has 1 saturated heterocycles. The molecular formula is C13H14BrN3O2. The molecule has 0 spiro atoms. The Labute approximate surface area is 120 Å². The summed E-state index contributed by atoms with van der Waals surface area (Å²) in [6.07, 6.45) is 3.75. The molecule has 1 aliphatic heterocycles. The van der Waals surface area contributed by atoms with E-state index in [1.165, 1.54) is 13.1 Å². The maximum Gasteiger partial charge on any atom is 0.261 e. The smallest absolute Gasteiger partial charge is 0.261 e. The molecule has 5 nitrogen and oxygen atoms in total. The molecule has 19 heavy (non-hydrogen) atoms. The van der Waals surface area contributed by atoms with Crippen LogP contribution in [0.4, 0.5) is 5.88 Å². The van der Waals surface area contributed by atoms with E-state index in [0.717, 1.165) is 36.3 Å². The van der Waals surface area contributed by atoms with Gasteiger partial charge >= 0.3 is 0 Å². The van der Waals surface area contributed by atoms with Crippen LogP contribution in [-0.4, -0.2) is 26.0 Å². The molecular weight excluding hydrogens is 310 g/mol. The molecule has 1 N–H and O–H groups in total. The molecule has 0 atom stereocenters.